The summed E-state index contributed by atoms with van der Waals surface area (Å²) in [6.07, 6.45) is 1.59. The van der Waals surface area contributed by atoms with Gasteiger partial charge in [-0.25, -0.2) is 0 Å². The lowest BCUT2D eigenvalue weighted by atomic mass is 10.1. The number of benzene rings is 1. The fourth-order valence-electron chi connectivity index (χ4n) is 2.43. The number of aryl methyl sites for hydroxylation is 1. The first-order chi connectivity index (χ1) is 11.4. The third-order valence-corrected chi connectivity index (χ3v) is 3.92. The van der Waals surface area contributed by atoms with Crippen LogP contribution in [0.1, 0.15) is 22.0 Å². The van der Waals surface area contributed by atoms with Crippen LogP contribution >= 0.6 is 0 Å². The van der Waals surface area contributed by atoms with E-state index in [4.69, 9.17) is 4.74 Å². The minimum atomic E-state index is -0.262. The summed E-state index contributed by atoms with van der Waals surface area (Å²) in [6.45, 7) is 0.425. The summed E-state index contributed by atoms with van der Waals surface area (Å²) in [5, 5.41) is 2.89. The van der Waals surface area contributed by atoms with Gasteiger partial charge >= 0.3 is 0 Å². The molecular formula is C18H23N3O3. The Balaban J connectivity index is 2.12. The maximum atomic E-state index is 12.3. The molecule has 0 aliphatic heterocycles. The van der Waals surface area contributed by atoms with Crippen molar-refractivity contribution in [2.75, 3.05) is 27.7 Å². The smallest absolute Gasteiger partial charge is 0.251 e. The Morgan fingerprint density at radius 3 is 2.67 bits per heavy atom. The number of ether oxygens (including phenoxy) is 1. The van der Waals surface area contributed by atoms with Gasteiger partial charge in [-0.15, -0.1) is 0 Å². The first kappa shape index (κ1) is 17.7. The van der Waals surface area contributed by atoms with Crippen molar-refractivity contribution in [3.8, 4) is 5.75 Å². The van der Waals surface area contributed by atoms with Gasteiger partial charge in [-0.2, -0.15) is 0 Å². The molecule has 1 N–H and O–H groups in total. The summed E-state index contributed by atoms with van der Waals surface area (Å²) in [5.74, 6) is 0.514. The molecule has 0 spiro atoms. The maximum absolute atomic E-state index is 12.3. The Morgan fingerprint density at radius 1 is 1.29 bits per heavy atom. The van der Waals surface area contributed by atoms with Crippen molar-refractivity contribution < 1.29 is 9.53 Å². The van der Waals surface area contributed by atoms with Crippen LogP contribution in [-0.4, -0.2) is 43.1 Å². The second-order valence-electron chi connectivity index (χ2n) is 5.83. The van der Waals surface area contributed by atoms with Crippen molar-refractivity contribution in [2.24, 2.45) is 7.05 Å². The van der Waals surface area contributed by atoms with Crippen LogP contribution in [0.5, 0.6) is 5.75 Å². The Labute approximate surface area is 141 Å². The van der Waals surface area contributed by atoms with Gasteiger partial charge in [0.1, 0.15) is 5.75 Å². The van der Waals surface area contributed by atoms with Crippen molar-refractivity contribution in [1.82, 2.24) is 14.8 Å². The van der Waals surface area contributed by atoms with E-state index in [2.05, 4.69) is 5.32 Å². The predicted molar refractivity (Wildman–Crippen MR) is 93.4 cm³/mol. The van der Waals surface area contributed by atoms with E-state index in [0.717, 1.165) is 11.3 Å². The Morgan fingerprint density at radius 2 is 2.04 bits per heavy atom. The van der Waals surface area contributed by atoms with Gasteiger partial charge in [0, 0.05) is 31.4 Å². The van der Waals surface area contributed by atoms with E-state index in [1.165, 1.54) is 10.6 Å². The molecule has 128 valence electrons. The number of amides is 1. The summed E-state index contributed by atoms with van der Waals surface area (Å²) in [6, 6.07) is 10.7. The Hall–Kier alpha value is -2.60. The first-order valence-corrected chi connectivity index (χ1v) is 7.67. The summed E-state index contributed by atoms with van der Waals surface area (Å²) < 4.78 is 6.69. The maximum Gasteiger partial charge on any atom is 0.251 e. The molecule has 0 saturated heterocycles. The number of aromatic nitrogens is 1. The zero-order valence-electron chi connectivity index (χ0n) is 14.4. The van der Waals surface area contributed by atoms with Gasteiger partial charge in [0.2, 0.25) is 0 Å². The SMILES string of the molecule is COc1cccc(C(CNC(=O)c2ccn(C)c(=O)c2)N(C)C)c1. The van der Waals surface area contributed by atoms with E-state index >= 15 is 0 Å². The molecule has 1 amide bonds. The molecule has 0 aliphatic carbocycles. The van der Waals surface area contributed by atoms with E-state index in [1.54, 1.807) is 26.4 Å². The van der Waals surface area contributed by atoms with Crippen LogP contribution in [0, 0.1) is 0 Å². The standard InChI is InChI=1S/C18H23N3O3/c1-20(2)16(13-6-5-7-15(10-13)24-4)12-19-18(23)14-8-9-21(3)17(22)11-14/h5-11,16H,12H2,1-4H3,(H,19,23). The molecule has 0 saturated carbocycles. The van der Waals surface area contributed by atoms with Crippen molar-refractivity contribution in [1.29, 1.82) is 0 Å². The van der Waals surface area contributed by atoms with E-state index in [1.807, 2.05) is 43.3 Å². The molecule has 0 bridgehead atoms. The highest BCUT2D eigenvalue weighted by Gasteiger charge is 2.16. The van der Waals surface area contributed by atoms with Crippen LogP contribution in [0.4, 0.5) is 0 Å². The van der Waals surface area contributed by atoms with Gasteiger partial charge in [0.25, 0.3) is 11.5 Å². The zero-order valence-corrected chi connectivity index (χ0v) is 14.4. The monoisotopic (exact) mass is 329 g/mol. The number of hydrogen-bond acceptors (Lipinski definition) is 4. The topological polar surface area (TPSA) is 63.6 Å². The van der Waals surface area contributed by atoms with Gasteiger partial charge in [-0.05, 0) is 37.9 Å². The van der Waals surface area contributed by atoms with Gasteiger partial charge in [-0.1, -0.05) is 12.1 Å². The number of carbonyl (C=O) groups is 1. The minimum absolute atomic E-state index is 0.00408. The minimum Gasteiger partial charge on any atom is -0.497 e. The summed E-state index contributed by atoms with van der Waals surface area (Å²) in [4.78, 5) is 26.0. The lowest BCUT2D eigenvalue weighted by molar-refractivity contribution is 0.0941. The Bertz CT molecular complexity index is 768. The molecule has 0 radical (unpaired) electrons. The van der Waals surface area contributed by atoms with Crippen LogP contribution in [0.2, 0.25) is 0 Å². The third-order valence-electron chi connectivity index (χ3n) is 3.92. The second-order valence-corrected chi connectivity index (χ2v) is 5.83. The van der Waals surface area contributed by atoms with E-state index in [-0.39, 0.29) is 17.5 Å². The van der Waals surface area contributed by atoms with Gasteiger partial charge in [0.05, 0.1) is 13.2 Å². The number of likely N-dealkylation sites (N-methyl/N-ethyl adjacent to an activating group) is 1. The number of hydrogen-bond donors (Lipinski definition) is 1. The lowest BCUT2D eigenvalue weighted by Gasteiger charge is -2.25. The number of nitrogens with one attached hydrogen (secondary N) is 1. The molecule has 2 rings (SSSR count). The molecule has 1 aromatic carbocycles. The Kier molecular flexibility index (Phi) is 5.76. The van der Waals surface area contributed by atoms with E-state index in [0.29, 0.717) is 12.1 Å². The molecule has 0 aliphatic rings. The summed E-state index contributed by atoms with van der Waals surface area (Å²) in [5.41, 5.74) is 1.20. The number of carbonyl (C=O) groups excluding carboxylic acids is 1. The number of pyridine rings is 1. The van der Waals surface area contributed by atoms with Gasteiger partial charge in [-0.3, -0.25) is 9.59 Å². The summed E-state index contributed by atoms with van der Waals surface area (Å²) >= 11 is 0. The van der Waals surface area contributed by atoms with Crippen LogP contribution in [-0.2, 0) is 7.05 Å². The highest BCUT2D eigenvalue weighted by Crippen LogP contribution is 2.22. The highest BCUT2D eigenvalue weighted by molar-refractivity contribution is 5.94. The molecule has 2 aromatic rings. The number of methoxy groups -OCH3 is 1. The van der Waals surface area contributed by atoms with Crippen molar-refractivity contribution >= 4 is 5.91 Å². The molecule has 1 unspecified atom stereocenters. The van der Waals surface area contributed by atoms with Crippen molar-refractivity contribution in [2.45, 2.75) is 6.04 Å². The second kappa shape index (κ2) is 7.79. The van der Waals surface area contributed by atoms with Crippen LogP contribution in [0.3, 0.4) is 0 Å². The van der Waals surface area contributed by atoms with Crippen molar-refractivity contribution in [3.63, 3.8) is 0 Å². The molecule has 6 nitrogen and oxygen atoms in total. The third kappa shape index (κ3) is 4.23. The van der Waals surface area contributed by atoms with Crippen LogP contribution < -0.4 is 15.6 Å². The normalized spacial score (nSPS) is 12.0. The molecule has 1 aromatic heterocycles. The molecule has 24 heavy (non-hydrogen) atoms. The molecule has 1 heterocycles. The number of nitrogens with zero attached hydrogens (tertiary/aromatic N) is 2. The van der Waals surface area contributed by atoms with E-state index < -0.39 is 0 Å². The van der Waals surface area contributed by atoms with Crippen LogP contribution in [0.25, 0.3) is 0 Å². The van der Waals surface area contributed by atoms with Gasteiger partial charge < -0.3 is 19.5 Å². The van der Waals surface area contributed by atoms with Gasteiger partial charge in [0.15, 0.2) is 0 Å². The first-order valence-electron chi connectivity index (χ1n) is 7.67. The number of rotatable bonds is 6. The van der Waals surface area contributed by atoms with E-state index in [9.17, 15) is 9.59 Å². The average molecular weight is 329 g/mol. The molecule has 6 heteroatoms. The fourth-order valence-corrected chi connectivity index (χ4v) is 2.43. The van der Waals surface area contributed by atoms with Crippen molar-refractivity contribution in [3.05, 3.63) is 64.1 Å². The molecular weight excluding hydrogens is 306 g/mol. The van der Waals surface area contributed by atoms with Crippen LogP contribution in [0.15, 0.2) is 47.4 Å². The molecule has 0 fully saturated rings. The highest BCUT2D eigenvalue weighted by atomic mass is 16.5. The predicted octanol–water partition coefficient (Wildman–Crippen LogP) is 1.43. The largest absolute Gasteiger partial charge is 0.497 e. The average Bonchev–Trinajstić information content (AvgIpc) is 2.57. The lowest BCUT2D eigenvalue weighted by Crippen LogP contribution is -2.35. The molecule has 1 atom stereocenters. The fraction of sp³-hybridized carbons (Fsp3) is 0.333. The zero-order chi connectivity index (χ0) is 17.7. The summed E-state index contributed by atoms with van der Waals surface area (Å²) in [7, 11) is 7.18. The quantitative estimate of drug-likeness (QED) is 0.871.